The van der Waals surface area contributed by atoms with Crippen molar-refractivity contribution >= 4 is 5.91 Å². The third-order valence-corrected chi connectivity index (χ3v) is 3.91. The Labute approximate surface area is 155 Å². The molecule has 0 bridgehead atoms. The van der Waals surface area contributed by atoms with Crippen molar-refractivity contribution in [3.8, 4) is 17.2 Å². The van der Waals surface area contributed by atoms with Crippen LogP contribution in [0.25, 0.3) is 0 Å². The third-order valence-electron chi connectivity index (χ3n) is 3.91. The molecule has 0 radical (unpaired) electrons. The molecule has 140 valence electrons. The van der Waals surface area contributed by atoms with Gasteiger partial charge in [-0.2, -0.15) is 0 Å². The number of nitrogens with one attached hydrogen (secondary N) is 1. The molecular weight excluding hydrogens is 330 g/mol. The molecule has 0 aromatic heterocycles. The van der Waals surface area contributed by atoms with Crippen molar-refractivity contribution < 1.29 is 19.0 Å². The molecule has 0 saturated heterocycles. The van der Waals surface area contributed by atoms with E-state index in [9.17, 15) is 4.79 Å². The third kappa shape index (κ3) is 5.41. The summed E-state index contributed by atoms with van der Waals surface area (Å²) in [5.41, 5.74) is 1.71. The predicted molar refractivity (Wildman–Crippen MR) is 102 cm³/mol. The van der Waals surface area contributed by atoms with Crippen molar-refractivity contribution in [3.05, 3.63) is 53.6 Å². The van der Waals surface area contributed by atoms with E-state index in [-0.39, 0.29) is 5.91 Å². The quantitative estimate of drug-likeness (QED) is 0.656. The topological polar surface area (TPSA) is 56.8 Å². The van der Waals surface area contributed by atoms with E-state index in [4.69, 9.17) is 14.2 Å². The molecular formula is C21H27NO4. The van der Waals surface area contributed by atoms with Gasteiger partial charge in [-0.15, -0.1) is 0 Å². The Kier molecular flexibility index (Phi) is 7.80. The minimum absolute atomic E-state index is 0.117. The summed E-state index contributed by atoms with van der Waals surface area (Å²) in [6.07, 6.45) is 1.68. The Morgan fingerprint density at radius 3 is 2.42 bits per heavy atom. The number of rotatable bonds is 10. The van der Waals surface area contributed by atoms with E-state index in [1.165, 1.54) is 0 Å². The Balaban J connectivity index is 1.90. The van der Waals surface area contributed by atoms with Crippen molar-refractivity contribution in [1.29, 1.82) is 0 Å². The van der Waals surface area contributed by atoms with Crippen LogP contribution < -0.4 is 19.5 Å². The van der Waals surface area contributed by atoms with Crippen molar-refractivity contribution in [2.24, 2.45) is 0 Å². The van der Waals surface area contributed by atoms with Crippen LogP contribution >= 0.6 is 0 Å². The van der Waals surface area contributed by atoms with E-state index in [1.807, 2.05) is 38.1 Å². The highest BCUT2D eigenvalue weighted by Gasteiger charge is 2.11. The molecule has 2 aromatic rings. The summed E-state index contributed by atoms with van der Waals surface area (Å²) in [6.45, 7) is 5.48. The summed E-state index contributed by atoms with van der Waals surface area (Å²) in [6, 6.07) is 13.2. The number of carbonyl (C=O) groups is 1. The SMILES string of the molecule is CCOc1ccc(C(=O)NCCCc2ccccc2OC)cc1OCC. The van der Waals surface area contributed by atoms with E-state index in [0.717, 1.165) is 24.2 Å². The van der Waals surface area contributed by atoms with Crippen LogP contribution in [-0.4, -0.2) is 32.8 Å². The Bertz CT molecular complexity index is 715. The molecule has 0 aliphatic heterocycles. The number of para-hydroxylation sites is 1. The first-order valence-corrected chi connectivity index (χ1v) is 8.99. The van der Waals surface area contributed by atoms with E-state index in [2.05, 4.69) is 5.32 Å². The second kappa shape index (κ2) is 10.3. The molecule has 26 heavy (non-hydrogen) atoms. The maximum Gasteiger partial charge on any atom is 0.251 e. The zero-order valence-electron chi connectivity index (χ0n) is 15.7. The number of ether oxygens (including phenoxy) is 3. The van der Waals surface area contributed by atoms with Gasteiger partial charge in [0.25, 0.3) is 5.91 Å². The van der Waals surface area contributed by atoms with Gasteiger partial charge in [-0.05, 0) is 56.5 Å². The number of carbonyl (C=O) groups excluding carboxylic acids is 1. The minimum Gasteiger partial charge on any atom is -0.496 e. The zero-order valence-corrected chi connectivity index (χ0v) is 15.7. The van der Waals surface area contributed by atoms with Gasteiger partial charge in [0.2, 0.25) is 0 Å². The molecule has 0 heterocycles. The average Bonchev–Trinajstić information content (AvgIpc) is 2.67. The fourth-order valence-corrected chi connectivity index (χ4v) is 2.68. The van der Waals surface area contributed by atoms with Crippen LogP contribution in [-0.2, 0) is 6.42 Å². The number of amides is 1. The highest BCUT2D eigenvalue weighted by Crippen LogP contribution is 2.28. The number of hydrogen-bond acceptors (Lipinski definition) is 4. The summed E-state index contributed by atoms with van der Waals surface area (Å²) < 4.78 is 16.4. The van der Waals surface area contributed by atoms with Gasteiger partial charge in [0.15, 0.2) is 11.5 Å². The zero-order chi connectivity index (χ0) is 18.8. The first-order valence-electron chi connectivity index (χ1n) is 8.99. The van der Waals surface area contributed by atoms with Gasteiger partial charge in [0.05, 0.1) is 20.3 Å². The lowest BCUT2D eigenvalue weighted by atomic mass is 10.1. The normalized spacial score (nSPS) is 10.3. The lowest BCUT2D eigenvalue weighted by Gasteiger charge is -2.12. The second-order valence-electron chi connectivity index (χ2n) is 5.70. The van der Waals surface area contributed by atoms with Gasteiger partial charge in [-0.3, -0.25) is 4.79 Å². The molecule has 5 nitrogen and oxygen atoms in total. The second-order valence-corrected chi connectivity index (χ2v) is 5.70. The maximum absolute atomic E-state index is 12.4. The molecule has 2 aromatic carbocycles. The molecule has 0 fully saturated rings. The molecule has 1 N–H and O–H groups in total. The number of methoxy groups -OCH3 is 1. The van der Waals surface area contributed by atoms with E-state index < -0.39 is 0 Å². The Morgan fingerprint density at radius 1 is 0.962 bits per heavy atom. The molecule has 0 saturated carbocycles. The monoisotopic (exact) mass is 357 g/mol. The predicted octanol–water partition coefficient (Wildman–Crippen LogP) is 3.86. The number of hydrogen-bond donors (Lipinski definition) is 1. The molecule has 0 aliphatic carbocycles. The van der Waals surface area contributed by atoms with Gasteiger partial charge in [0, 0.05) is 12.1 Å². The molecule has 0 spiro atoms. The average molecular weight is 357 g/mol. The van der Waals surface area contributed by atoms with Crippen LogP contribution in [0.5, 0.6) is 17.2 Å². The minimum atomic E-state index is -0.117. The highest BCUT2D eigenvalue weighted by molar-refractivity contribution is 5.94. The van der Waals surface area contributed by atoms with Crippen LogP contribution in [0.15, 0.2) is 42.5 Å². The summed E-state index contributed by atoms with van der Waals surface area (Å²) in [7, 11) is 1.67. The molecule has 1 amide bonds. The molecule has 0 atom stereocenters. The first-order chi connectivity index (χ1) is 12.7. The Morgan fingerprint density at radius 2 is 1.69 bits per heavy atom. The van der Waals surface area contributed by atoms with Crippen LogP contribution in [0.2, 0.25) is 0 Å². The summed E-state index contributed by atoms with van der Waals surface area (Å²) in [4.78, 5) is 12.4. The standard InChI is InChI=1S/C21H27NO4/c1-4-25-19-13-12-17(15-20(19)26-5-2)21(23)22-14-8-10-16-9-6-7-11-18(16)24-3/h6-7,9,11-13,15H,4-5,8,10,14H2,1-3H3,(H,22,23). The van der Waals surface area contributed by atoms with Crippen molar-refractivity contribution in [3.63, 3.8) is 0 Å². The molecule has 2 rings (SSSR count). The van der Waals surface area contributed by atoms with Gasteiger partial charge in [-0.25, -0.2) is 0 Å². The van der Waals surface area contributed by atoms with Crippen LogP contribution in [0.3, 0.4) is 0 Å². The fourth-order valence-electron chi connectivity index (χ4n) is 2.68. The first kappa shape index (κ1) is 19.6. The van der Waals surface area contributed by atoms with Crippen molar-refractivity contribution in [2.75, 3.05) is 26.9 Å². The van der Waals surface area contributed by atoms with Crippen LogP contribution in [0.1, 0.15) is 36.2 Å². The fraction of sp³-hybridized carbons (Fsp3) is 0.381. The van der Waals surface area contributed by atoms with Crippen molar-refractivity contribution in [1.82, 2.24) is 5.32 Å². The molecule has 5 heteroatoms. The summed E-state index contributed by atoms with van der Waals surface area (Å²) in [5, 5.41) is 2.95. The van der Waals surface area contributed by atoms with E-state index in [0.29, 0.717) is 36.8 Å². The lowest BCUT2D eigenvalue weighted by Crippen LogP contribution is -2.24. The van der Waals surface area contributed by atoms with Crippen LogP contribution in [0.4, 0.5) is 0 Å². The summed E-state index contributed by atoms with van der Waals surface area (Å²) >= 11 is 0. The molecule has 0 aliphatic rings. The summed E-state index contributed by atoms with van der Waals surface area (Å²) in [5.74, 6) is 2.01. The van der Waals surface area contributed by atoms with Gasteiger partial charge in [0.1, 0.15) is 5.75 Å². The van der Waals surface area contributed by atoms with Gasteiger partial charge < -0.3 is 19.5 Å². The van der Waals surface area contributed by atoms with Crippen molar-refractivity contribution in [2.45, 2.75) is 26.7 Å². The maximum atomic E-state index is 12.4. The van der Waals surface area contributed by atoms with E-state index in [1.54, 1.807) is 25.3 Å². The largest absolute Gasteiger partial charge is 0.496 e. The van der Waals surface area contributed by atoms with Gasteiger partial charge in [-0.1, -0.05) is 18.2 Å². The lowest BCUT2D eigenvalue weighted by molar-refractivity contribution is 0.0952. The Hall–Kier alpha value is -2.69. The van der Waals surface area contributed by atoms with E-state index >= 15 is 0 Å². The van der Waals surface area contributed by atoms with Crippen LogP contribution in [0, 0.1) is 0 Å². The highest BCUT2D eigenvalue weighted by atomic mass is 16.5. The number of benzene rings is 2. The smallest absolute Gasteiger partial charge is 0.251 e. The molecule has 0 unspecified atom stereocenters. The number of aryl methyl sites for hydroxylation is 1. The van der Waals surface area contributed by atoms with Gasteiger partial charge >= 0.3 is 0 Å².